The average molecular weight is 282 g/mol. The molecule has 0 saturated heterocycles. The van der Waals surface area contributed by atoms with Crippen LogP contribution in [0.2, 0.25) is 10.0 Å². The second kappa shape index (κ2) is 5.04. The first kappa shape index (κ1) is 13.0. The lowest BCUT2D eigenvalue weighted by atomic mass is 10.2. The molecule has 3 nitrogen and oxygen atoms in total. The molecule has 5 heteroatoms. The first-order chi connectivity index (χ1) is 8.49. The first-order valence-corrected chi connectivity index (χ1v) is 6.18. The molecular weight excluding hydrogens is 269 g/mol. The standard InChI is InChI=1S/C13H13Cl2N3/c1-7-3-4-10(14)12(11(7)15)18-13-8(2)5-9(16)6-17-13/h3-6H,16H2,1-2H3,(H,17,18). The highest BCUT2D eigenvalue weighted by molar-refractivity contribution is 6.39. The maximum absolute atomic E-state index is 6.23. The Morgan fingerprint density at radius 2 is 1.89 bits per heavy atom. The van der Waals surface area contributed by atoms with Crippen LogP contribution in [0.5, 0.6) is 0 Å². The maximum Gasteiger partial charge on any atom is 0.133 e. The topological polar surface area (TPSA) is 50.9 Å². The fourth-order valence-corrected chi connectivity index (χ4v) is 2.08. The van der Waals surface area contributed by atoms with Gasteiger partial charge < -0.3 is 11.1 Å². The Kier molecular flexibility index (Phi) is 3.64. The minimum absolute atomic E-state index is 0.559. The molecule has 0 amide bonds. The third-order valence-electron chi connectivity index (χ3n) is 2.63. The van der Waals surface area contributed by atoms with Crippen LogP contribution in [0.15, 0.2) is 24.4 Å². The normalized spacial score (nSPS) is 10.4. The van der Waals surface area contributed by atoms with Crippen LogP contribution >= 0.6 is 23.2 Å². The van der Waals surface area contributed by atoms with Crippen LogP contribution in [-0.2, 0) is 0 Å². The van der Waals surface area contributed by atoms with Crippen LogP contribution in [0.4, 0.5) is 17.2 Å². The van der Waals surface area contributed by atoms with Crippen molar-refractivity contribution in [3.05, 3.63) is 45.6 Å². The molecule has 2 aromatic rings. The van der Waals surface area contributed by atoms with Crippen molar-refractivity contribution in [3.63, 3.8) is 0 Å². The van der Waals surface area contributed by atoms with Crippen LogP contribution in [0.25, 0.3) is 0 Å². The van der Waals surface area contributed by atoms with Gasteiger partial charge in [0.15, 0.2) is 0 Å². The fraction of sp³-hybridized carbons (Fsp3) is 0.154. The summed E-state index contributed by atoms with van der Waals surface area (Å²) in [4.78, 5) is 4.23. The van der Waals surface area contributed by atoms with Gasteiger partial charge in [-0.05, 0) is 37.1 Å². The molecule has 0 bridgehead atoms. The summed E-state index contributed by atoms with van der Waals surface area (Å²) in [5, 5.41) is 4.30. The van der Waals surface area contributed by atoms with E-state index in [1.807, 2.05) is 26.0 Å². The van der Waals surface area contributed by atoms with Gasteiger partial charge in [-0.3, -0.25) is 0 Å². The maximum atomic E-state index is 6.23. The zero-order valence-electron chi connectivity index (χ0n) is 10.1. The van der Waals surface area contributed by atoms with E-state index in [1.165, 1.54) is 0 Å². The molecule has 1 aromatic heterocycles. The second-order valence-electron chi connectivity index (χ2n) is 4.11. The summed E-state index contributed by atoms with van der Waals surface area (Å²) < 4.78 is 0. The van der Waals surface area contributed by atoms with Crippen LogP contribution in [0.1, 0.15) is 11.1 Å². The number of aryl methyl sites for hydroxylation is 2. The number of hydrogen-bond acceptors (Lipinski definition) is 3. The minimum atomic E-state index is 0.559. The quantitative estimate of drug-likeness (QED) is 0.861. The van der Waals surface area contributed by atoms with Gasteiger partial charge in [0.2, 0.25) is 0 Å². The summed E-state index contributed by atoms with van der Waals surface area (Å²) in [6.45, 7) is 3.84. The van der Waals surface area contributed by atoms with Crippen LogP contribution in [0, 0.1) is 13.8 Å². The molecular formula is C13H13Cl2N3. The summed E-state index contributed by atoms with van der Waals surface area (Å²) in [7, 11) is 0. The van der Waals surface area contributed by atoms with Gasteiger partial charge in [-0.25, -0.2) is 4.98 Å². The molecule has 3 N–H and O–H groups in total. The highest BCUT2D eigenvalue weighted by Crippen LogP contribution is 2.35. The van der Waals surface area contributed by atoms with Gasteiger partial charge in [-0.2, -0.15) is 0 Å². The molecule has 2 rings (SSSR count). The van der Waals surface area contributed by atoms with E-state index in [4.69, 9.17) is 28.9 Å². The molecule has 0 unspecified atom stereocenters. The van der Waals surface area contributed by atoms with Gasteiger partial charge in [0.1, 0.15) is 5.82 Å². The van der Waals surface area contributed by atoms with E-state index < -0.39 is 0 Å². The Morgan fingerprint density at radius 1 is 1.17 bits per heavy atom. The third kappa shape index (κ3) is 2.52. The van der Waals surface area contributed by atoms with Crippen molar-refractivity contribution in [1.82, 2.24) is 4.98 Å². The van der Waals surface area contributed by atoms with Crippen LogP contribution in [0.3, 0.4) is 0 Å². The summed E-state index contributed by atoms with van der Waals surface area (Å²) in [5.74, 6) is 0.693. The smallest absolute Gasteiger partial charge is 0.133 e. The lowest BCUT2D eigenvalue weighted by Crippen LogP contribution is -2.00. The summed E-state index contributed by atoms with van der Waals surface area (Å²) >= 11 is 12.4. The number of hydrogen-bond donors (Lipinski definition) is 2. The number of nitrogen functional groups attached to an aromatic ring is 1. The highest BCUT2D eigenvalue weighted by Gasteiger charge is 2.10. The molecule has 0 fully saturated rings. The average Bonchev–Trinajstić information content (AvgIpc) is 2.32. The van der Waals surface area contributed by atoms with Crippen molar-refractivity contribution in [1.29, 1.82) is 0 Å². The Labute approximate surface area is 116 Å². The number of rotatable bonds is 2. The molecule has 0 aliphatic carbocycles. The number of nitrogens with two attached hydrogens (primary N) is 1. The highest BCUT2D eigenvalue weighted by atomic mass is 35.5. The van der Waals surface area contributed by atoms with Crippen molar-refractivity contribution < 1.29 is 0 Å². The van der Waals surface area contributed by atoms with Gasteiger partial charge in [-0.1, -0.05) is 29.3 Å². The number of halogens is 2. The van der Waals surface area contributed by atoms with E-state index in [9.17, 15) is 0 Å². The van der Waals surface area contributed by atoms with Crippen molar-refractivity contribution >= 4 is 40.4 Å². The van der Waals surface area contributed by atoms with Gasteiger partial charge in [0, 0.05) is 0 Å². The Hall–Kier alpha value is -1.45. The van der Waals surface area contributed by atoms with E-state index in [0.29, 0.717) is 27.2 Å². The number of nitrogens with zero attached hydrogens (tertiary/aromatic N) is 1. The van der Waals surface area contributed by atoms with E-state index in [2.05, 4.69) is 10.3 Å². The van der Waals surface area contributed by atoms with E-state index in [1.54, 1.807) is 12.3 Å². The predicted molar refractivity (Wildman–Crippen MR) is 77.9 cm³/mol. The third-order valence-corrected chi connectivity index (χ3v) is 3.43. The minimum Gasteiger partial charge on any atom is -0.397 e. The van der Waals surface area contributed by atoms with Crippen molar-refractivity contribution in [2.75, 3.05) is 11.1 Å². The lowest BCUT2D eigenvalue weighted by Gasteiger charge is -2.13. The van der Waals surface area contributed by atoms with Gasteiger partial charge in [-0.15, -0.1) is 0 Å². The number of aromatic nitrogens is 1. The molecule has 0 radical (unpaired) electrons. The Bertz CT molecular complexity index is 597. The molecule has 0 aliphatic heterocycles. The molecule has 0 atom stereocenters. The molecule has 0 spiro atoms. The zero-order chi connectivity index (χ0) is 13.3. The van der Waals surface area contributed by atoms with Gasteiger partial charge in [0.25, 0.3) is 0 Å². The molecule has 0 aliphatic rings. The van der Waals surface area contributed by atoms with Gasteiger partial charge >= 0.3 is 0 Å². The van der Waals surface area contributed by atoms with Crippen LogP contribution in [-0.4, -0.2) is 4.98 Å². The largest absolute Gasteiger partial charge is 0.397 e. The molecule has 1 aromatic carbocycles. The molecule has 0 saturated carbocycles. The number of benzene rings is 1. The van der Waals surface area contributed by atoms with Crippen LogP contribution < -0.4 is 11.1 Å². The van der Waals surface area contributed by atoms with Crippen molar-refractivity contribution in [2.45, 2.75) is 13.8 Å². The van der Waals surface area contributed by atoms with E-state index in [-0.39, 0.29) is 0 Å². The second-order valence-corrected chi connectivity index (χ2v) is 4.90. The fourth-order valence-electron chi connectivity index (χ4n) is 1.62. The summed E-state index contributed by atoms with van der Waals surface area (Å²) in [5.41, 5.74) is 8.84. The Morgan fingerprint density at radius 3 is 2.56 bits per heavy atom. The van der Waals surface area contributed by atoms with Gasteiger partial charge in [0.05, 0.1) is 27.6 Å². The van der Waals surface area contributed by atoms with E-state index >= 15 is 0 Å². The summed E-state index contributed by atoms with van der Waals surface area (Å²) in [6, 6.07) is 5.52. The monoisotopic (exact) mass is 281 g/mol. The van der Waals surface area contributed by atoms with Crippen molar-refractivity contribution in [3.8, 4) is 0 Å². The molecule has 94 valence electrons. The zero-order valence-corrected chi connectivity index (χ0v) is 11.6. The Balaban J connectivity index is 2.43. The first-order valence-electron chi connectivity index (χ1n) is 5.43. The van der Waals surface area contributed by atoms with Crippen molar-refractivity contribution in [2.24, 2.45) is 0 Å². The lowest BCUT2D eigenvalue weighted by molar-refractivity contribution is 1.26. The number of nitrogens with one attached hydrogen (secondary N) is 1. The van der Waals surface area contributed by atoms with E-state index in [0.717, 1.165) is 11.1 Å². The number of pyridine rings is 1. The summed E-state index contributed by atoms with van der Waals surface area (Å²) in [6.07, 6.45) is 1.59. The SMILES string of the molecule is Cc1cc(N)cnc1Nc1c(Cl)ccc(C)c1Cl. The predicted octanol–water partition coefficient (Wildman–Crippen LogP) is 4.33. The molecule has 18 heavy (non-hydrogen) atoms. The number of anilines is 3. The molecule has 1 heterocycles.